The number of nitro groups is 1. The minimum absolute atomic E-state index is 0.0352. The van der Waals surface area contributed by atoms with E-state index < -0.39 is 4.92 Å². The lowest BCUT2D eigenvalue weighted by molar-refractivity contribution is -0.385. The van der Waals surface area contributed by atoms with E-state index in [-0.39, 0.29) is 23.5 Å². The molecule has 0 aromatic heterocycles. The second-order valence-electron chi connectivity index (χ2n) is 7.97. The first kappa shape index (κ1) is 21.2. The summed E-state index contributed by atoms with van der Waals surface area (Å²) in [6.07, 6.45) is 4.50. The van der Waals surface area contributed by atoms with Crippen LogP contribution in [0.1, 0.15) is 48.5 Å². The molecule has 0 spiro atoms. The van der Waals surface area contributed by atoms with Gasteiger partial charge in [0, 0.05) is 49.9 Å². The first-order valence-electron chi connectivity index (χ1n) is 10.5. The summed E-state index contributed by atoms with van der Waals surface area (Å²) in [5.41, 5.74) is 0.844. The highest BCUT2D eigenvalue weighted by atomic mass is 16.6. The summed E-state index contributed by atoms with van der Waals surface area (Å²) >= 11 is 0. The first-order chi connectivity index (χ1) is 13.9. The van der Waals surface area contributed by atoms with Crippen molar-refractivity contribution >= 4 is 17.5 Å². The summed E-state index contributed by atoms with van der Waals surface area (Å²) in [7, 11) is 0. The molecule has 1 aliphatic heterocycles. The number of piperazine rings is 1. The molecule has 29 heavy (non-hydrogen) atoms. The van der Waals surface area contributed by atoms with E-state index in [1.165, 1.54) is 18.9 Å². The van der Waals surface area contributed by atoms with Crippen molar-refractivity contribution in [1.82, 2.24) is 15.1 Å². The molecule has 2 amide bonds. The molecule has 1 N–H and O–H groups in total. The zero-order chi connectivity index (χ0) is 21.0. The van der Waals surface area contributed by atoms with Crippen molar-refractivity contribution in [2.45, 2.75) is 45.6 Å². The summed E-state index contributed by atoms with van der Waals surface area (Å²) in [6, 6.07) is 4.50. The third kappa shape index (κ3) is 4.75. The summed E-state index contributed by atoms with van der Waals surface area (Å²) in [5.74, 6) is 0.278. The van der Waals surface area contributed by atoms with Crippen LogP contribution in [0, 0.1) is 23.0 Å². The number of carbonyl (C=O) groups is 2. The fourth-order valence-electron chi connectivity index (χ4n) is 4.55. The quantitative estimate of drug-likeness (QED) is 0.582. The van der Waals surface area contributed by atoms with Gasteiger partial charge in [-0.2, -0.15) is 0 Å². The largest absolute Gasteiger partial charge is 0.355 e. The number of hydrogen-bond acceptors (Lipinski definition) is 5. The molecule has 1 atom stereocenters. The number of nitro benzene ring substituents is 1. The van der Waals surface area contributed by atoms with Crippen molar-refractivity contribution in [3.05, 3.63) is 39.4 Å². The molecule has 1 saturated heterocycles. The second-order valence-corrected chi connectivity index (χ2v) is 7.97. The monoisotopic (exact) mass is 402 g/mol. The number of likely N-dealkylation sites (N-methyl/N-ethyl adjacent to an activating group) is 1. The van der Waals surface area contributed by atoms with E-state index in [1.54, 1.807) is 24.0 Å². The van der Waals surface area contributed by atoms with Gasteiger partial charge < -0.3 is 10.2 Å². The van der Waals surface area contributed by atoms with Gasteiger partial charge in [-0.25, -0.2) is 0 Å². The van der Waals surface area contributed by atoms with Gasteiger partial charge in [-0.05, 0) is 38.7 Å². The van der Waals surface area contributed by atoms with Crippen LogP contribution in [-0.2, 0) is 4.79 Å². The highest BCUT2D eigenvalue weighted by Gasteiger charge is 2.37. The van der Waals surface area contributed by atoms with Gasteiger partial charge in [-0.15, -0.1) is 0 Å². The van der Waals surface area contributed by atoms with Crippen molar-refractivity contribution in [3.8, 4) is 0 Å². The average Bonchev–Trinajstić information content (AvgIpc) is 3.23. The molecular weight excluding hydrogens is 372 g/mol. The summed E-state index contributed by atoms with van der Waals surface area (Å²) < 4.78 is 0. The number of nitrogens with zero attached hydrogens (tertiary/aromatic N) is 3. The van der Waals surface area contributed by atoms with Crippen LogP contribution in [0.5, 0.6) is 0 Å². The van der Waals surface area contributed by atoms with Crippen molar-refractivity contribution in [1.29, 1.82) is 0 Å². The second kappa shape index (κ2) is 9.35. The Hall–Kier alpha value is -2.48. The van der Waals surface area contributed by atoms with Crippen LogP contribution < -0.4 is 5.32 Å². The number of nitrogens with one attached hydrogen (secondary N) is 1. The van der Waals surface area contributed by atoms with Crippen LogP contribution in [0.3, 0.4) is 0 Å². The molecule has 1 heterocycles. The van der Waals surface area contributed by atoms with Crippen molar-refractivity contribution in [2.75, 3.05) is 32.7 Å². The SMILES string of the molecule is CCNC(=O)C(C1CCCC1)N1CCN(C(=O)c2ccc(C)c([N+](=O)[O-])c2)CC1. The number of rotatable bonds is 6. The molecule has 2 fully saturated rings. The highest BCUT2D eigenvalue weighted by Crippen LogP contribution is 2.31. The maximum Gasteiger partial charge on any atom is 0.273 e. The smallest absolute Gasteiger partial charge is 0.273 e. The van der Waals surface area contributed by atoms with Gasteiger partial charge >= 0.3 is 0 Å². The van der Waals surface area contributed by atoms with Crippen LogP contribution in [0.4, 0.5) is 5.69 Å². The Labute approximate surface area is 171 Å². The molecule has 1 aromatic carbocycles. The van der Waals surface area contributed by atoms with Crippen LogP contribution in [-0.4, -0.2) is 65.3 Å². The lowest BCUT2D eigenvalue weighted by Gasteiger charge is -2.40. The maximum atomic E-state index is 12.9. The maximum absolute atomic E-state index is 12.9. The molecular formula is C21H30N4O4. The van der Waals surface area contributed by atoms with Gasteiger partial charge in [-0.3, -0.25) is 24.6 Å². The van der Waals surface area contributed by atoms with Gasteiger partial charge in [0.2, 0.25) is 5.91 Å². The molecule has 1 saturated carbocycles. The Morgan fingerprint density at radius 1 is 1.21 bits per heavy atom. The van der Waals surface area contributed by atoms with Gasteiger partial charge in [-0.1, -0.05) is 18.9 Å². The Balaban J connectivity index is 1.67. The number of carbonyl (C=O) groups excluding carboxylic acids is 2. The number of benzene rings is 1. The van der Waals surface area contributed by atoms with E-state index in [1.807, 2.05) is 6.92 Å². The molecule has 1 unspecified atom stereocenters. The topological polar surface area (TPSA) is 95.8 Å². The third-order valence-corrected chi connectivity index (χ3v) is 6.11. The van der Waals surface area contributed by atoms with E-state index in [0.29, 0.717) is 49.8 Å². The summed E-state index contributed by atoms with van der Waals surface area (Å²) in [4.78, 5) is 40.2. The lowest BCUT2D eigenvalue weighted by Crippen LogP contribution is -2.58. The Kier molecular flexibility index (Phi) is 6.84. The molecule has 0 radical (unpaired) electrons. The number of amides is 2. The van der Waals surface area contributed by atoms with Crippen molar-refractivity contribution in [2.24, 2.45) is 5.92 Å². The highest BCUT2D eigenvalue weighted by molar-refractivity contribution is 5.95. The standard InChI is InChI=1S/C21H30N4O4/c1-3-22-20(26)19(16-6-4-5-7-16)23-10-12-24(13-11-23)21(27)17-9-8-15(2)18(14-17)25(28)29/h8-9,14,16,19H,3-7,10-13H2,1-2H3,(H,22,26). The molecule has 158 valence electrons. The predicted octanol–water partition coefficient (Wildman–Crippen LogP) is 2.36. The lowest BCUT2D eigenvalue weighted by atomic mass is 9.95. The number of hydrogen-bond donors (Lipinski definition) is 1. The molecule has 1 aliphatic carbocycles. The molecule has 2 aliphatic rings. The van der Waals surface area contributed by atoms with Crippen LogP contribution >= 0.6 is 0 Å². The van der Waals surface area contributed by atoms with E-state index in [0.717, 1.165) is 12.8 Å². The van der Waals surface area contributed by atoms with E-state index in [2.05, 4.69) is 10.2 Å². The van der Waals surface area contributed by atoms with Crippen molar-refractivity contribution in [3.63, 3.8) is 0 Å². The van der Waals surface area contributed by atoms with Gasteiger partial charge in [0.15, 0.2) is 0 Å². The summed E-state index contributed by atoms with van der Waals surface area (Å²) in [5, 5.41) is 14.1. The van der Waals surface area contributed by atoms with E-state index >= 15 is 0 Å². The predicted molar refractivity (Wildman–Crippen MR) is 110 cm³/mol. The fraction of sp³-hybridized carbons (Fsp3) is 0.619. The third-order valence-electron chi connectivity index (χ3n) is 6.11. The minimum atomic E-state index is -0.456. The van der Waals surface area contributed by atoms with Gasteiger partial charge in [0.25, 0.3) is 11.6 Å². The molecule has 1 aromatic rings. The normalized spacial score (nSPS) is 19.2. The zero-order valence-electron chi connectivity index (χ0n) is 17.2. The molecule has 3 rings (SSSR count). The molecule has 8 heteroatoms. The summed E-state index contributed by atoms with van der Waals surface area (Å²) in [6.45, 7) is 6.52. The molecule has 0 bridgehead atoms. The van der Waals surface area contributed by atoms with Crippen molar-refractivity contribution < 1.29 is 14.5 Å². The van der Waals surface area contributed by atoms with Crippen LogP contribution in [0.2, 0.25) is 0 Å². The minimum Gasteiger partial charge on any atom is -0.355 e. The van der Waals surface area contributed by atoms with Crippen LogP contribution in [0.15, 0.2) is 18.2 Å². The van der Waals surface area contributed by atoms with Gasteiger partial charge in [0.05, 0.1) is 11.0 Å². The van der Waals surface area contributed by atoms with E-state index in [9.17, 15) is 19.7 Å². The van der Waals surface area contributed by atoms with Crippen LogP contribution in [0.25, 0.3) is 0 Å². The van der Waals surface area contributed by atoms with E-state index in [4.69, 9.17) is 0 Å². The Bertz CT molecular complexity index is 768. The Morgan fingerprint density at radius 3 is 2.45 bits per heavy atom. The van der Waals surface area contributed by atoms with Gasteiger partial charge in [0.1, 0.15) is 0 Å². The average molecular weight is 402 g/mol. The number of aryl methyl sites for hydroxylation is 1. The Morgan fingerprint density at radius 2 is 1.86 bits per heavy atom. The zero-order valence-corrected chi connectivity index (χ0v) is 17.2. The first-order valence-corrected chi connectivity index (χ1v) is 10.5. The fourth-order valence-corrected chi connectivity index (χ4v) is 4.55. The molecule has 8 nitrogen and oxygen atoms in total.